The molecule has 0 aliphatic heterocycles. The van der Waals surface area contributed by atoms with Gasteiger partial charge in [0.1, 0.15) is 0 Å². The van der Waals surface area contributed by atoms with Crippen LogP contribution in [0.3, 0.4) is 0 Å². The Kier molecular flexibility index (Phi) is 5.46. The summed E-state index contributed by atoms with van der Waals surface area (Å²) in [7, 11) is 0. The van der Waals surface area contributed by atoms with Gasteiger partial charge in [-0.05, 0) is 29.8 Å². The van der Waals surface area contributed by atoms with Gasteiger partial charge in [-0.25, -0.2) is 4.98 Å². The maximum atomic E-state index is 11.0. The van der Waals surface area contributed by atoms with Crippen molar-refractivity contribution >= 4 is 52.2 Å². The summed E-state index contributed by atoms with van der Waals surface area (Å²) >= 11 is 14.8. The van der Waals surface area contributed by atoms with Crippen molar-refractivity contribution in [3.8, 4) is 21.7 Å². The SMILES string of the molecule is NC(=O)CSc1nc(-c2ccc(Cl)cc2)c(-c2ccc(Cl)cc2)s1. The Bertz CT molecular complexity index is 798. The number of hydrogen-bond acceptors (Lipinski definition) is 4. The maximum absolute atomic E-state index is 11.0. The molecule has 0 fully saturated rings. The normalized spacial score (nSPS) is 10.8. The van der Waals surface area contributed by atoms with E-state index in [1.807, 2.05) is 48.5 Å². The second-order valence-corrected chi connectivity index (χ2v) is 8.02. The van der Waals surface area contributed by atoms with Crippen molar-refractivity contribution < 1.29 is 4.79 Å². The number of nitrogens with two attached hydrogens (primary N) is 1. The van der Waals surface area contributed by atoms with Gasteiger partial charge in [0.15, 0.2) is 4.34 Å². The van der Waals surface area contributed by atoms with Gasteiger partial charge in [-0.2, -0.15) is 0 Å². The fraction of sp³-hybridized carbons (Fsp3) is 0.0588. The number of thioether (sulfide) groups is 1. The molecule has 1 amide bonds. The van der Waals surface area contributed by atoms with Crippen LogP contribution >= 0.6 is 46.3 Å². The van der Waals surface area contributed by atoms with E-state index in [0.29, 0.717) is 10.0 Å². The minimum absolute atomic E-state index is 0.202. The molecule has 0 bridgehead atoms. The zero-order valence-electron chi connectivity index (χ0n) is 12.3. The summed E-state index contributed by atoms with van der Waals surface area (Å²) in [6, 6.07) is 15.1. The molecule has 24 heavy (non-hydrogen) atoms. The Morgan fingerprint density at radius 2 is 1.54 bits per heavy atom. The lowest BCUT2D eigenvalue weighted by Crippen LogP contribution is -2.12. The summed E-state index contributed by atoms with van der Waals surface area (Å²) in [5.74, 6) is -0.163. The molecule has 122 valence electrons. The van der Waals surface area contributed by atoms with Crippen molar-refractivity contribution in [3.63, 3.8) is 0 Å². The van der Waals surface area contributed by atoms with Crippen LogP contribution in [0.4, 0.5) is 0 Å². The highest BCUT2D eigenvalue weighted by Crippen LogP contribution is 2.40. The quantitative estimate of drug-likeness (QED) is 0.592. The number of carbonyl (C=O) groups is 1. The molecule has 0 saturated carbocycles. The van der Waals surface area contributed by atoms with Crippen molar-refractivity contribution in [2.24, 2.45) is 5.73 Å². The molecule has 3 rings (SSSR count). The molecule has 1 heterocycles. The first kappa shape index (κ1) is 17.3. The van der Waals surface area contributed by atoms with Gasteiger partial charge in [-0.3, -0.25) is 4.79 Å². The smallest absolute Gasteiger partial charge is 0.227 e. The third-order valence-corrected chi connectivity index (χ3v) is 5.94. The number of benzene rings is 2. The van der Waals surface area contributed by atoms with Gasteiger partial charge in [-0.1, -0.05) is 59.2 Å². The van der Waals surface area contributed by atoms with Crippen molar-refractivity contribution in [1.29, 1.82) is 0 Å². The zero-order valence-corrected chi connectivity index (χ0v) is 15.5. The van der Waals surface area contributed by atoms with Crippen molar-refractivity contribution in [1.82, 2.24) is 4.98 Å². The van der Waals surface area contributed by atoms with Crippen LogP contribution in [-0.4, -0.2) is 16.6 Å². The first-order chi connectivity index (χ1) is 11.5. The Labute approximate surface area is 157 Å². The molecule has 0 aliphatic rings. The third-order valence-electron chi connectivity index (χ3n) is 3.17. The van der Waals surface area contributed by atoms with E-state index in [9.17, 15) is 4.79 Å². The molecule has 7 heteroatoms. The molecule has 0 atom stereocenters. The number of hydrogen-bond donors (Lipinski definition) is 1. The van der Waals surface area contributed by atoms with E-state index in [4.69, 9.17) is 28.9 Å². The number of halogens is 2. The van der Waals surface area contributed by atoms with Gasteiger partial charge in [0.2, 0.25) is 5.91 Å². The molecule has 3 aromatic rings. The molecule has 0 radical (unpaired) electrons. The average molecular weight is 395 g/mol. The topological polar surface area (TPSA) is 56.0 Å². The minimum atomic E-state index is -0.365. The monoisotopic (exact) mass is 394 g/mol. The highest BCUT2D eigenvalue weighted by molar-refractivity contribution is 8.01. The van der Waals surface area contributed by atoms with Crippen molar-refractivity contribution in [3.05, 3.63) is 58.6 Å². The predicted molar refractivity (Wildman–Crippen MR) is 103 cm³/mol. The van der Waals surface area contributed by atoms with Crippen molar-refractivity contribution in [2.75, 3.05) is 5.75 Å². The van der Waals surface area contributed by atoms with Gasteiger partial charge in [0.05, 0.1) is 16.3 Å². The van der Waals surface area contributed by atoms with Crippen molar-refractivity contribution in [2.45, 2.75) is 4.34 Å². The fourth-order valence-corrected chi connectivity index (χ4v) is 4.26. The van der Waals surface area contributed by atoms with Crippen LogP contribution in [0, 0.1) is 0 Å². The van der Waals surface area contributed by atoms with Gasteiger partial charge in [0, 0.05) is 15.6 Å². The molecule has 0 saturated heterocycles. The Morgan fingerprint density at radius 3 is 2.08 bits per heavy atom. The van der Waals surface area contributed by atoms with E-state index in [2.05, 4.69) is 4.98 Å². The van der Waals surface area contributed by atoms with Gasteiger partial charge >= 0.3 is 0 Å². The average Bonchev–Trinajstić information content (AvgIpc) is 2.98. The number of carbonyl (C=O) groups excluding carboxylic acids is 1. The van der Waals surface area contributed by atoms with Crippen LogP contribution in [0.25, 0.3) is 21.7 Å². The van der Waals surface area contributed by atoms with Crippen LogP contribution in [0.5, 0.6) is 0 Å². The third kappa shape index (κ3) is 4.11. The second kappa shape index (κ2) is 7.57. The number of thiazole rings is 1. The number of aromatic nitrogens is 1. The summed E-state index contributed by atoms with van der Waals surface area (Å²) in [6.07, 6.45) is 0. The largest absolute Gasteiger partial charge is 0.369 e. The van der Waals surface area contributed by atoms with Gasteiger partial charge in [0.25, 0.3) is 0 Å². The van der Waals surface area contributed by atoms with Crippen LogP contribution < -0.4 is 5.73 Å². The standard InChI is InChI=1S/C17H12Cl2N2OS2/c18-12-5-1-10(2-6-12)15-16(11-3-7-13(19)8-4-11)24-17(21-15)23-9-14(20)22/h1-8H,9H2,(H2,20,22). The lowest BCUT2D eigenvalue weighted by Gasteiger charge is -2.03. The van der Waals surface area contributed by atoms with E-state index < -0.39 is 0 Å². The first-order valence-electron chi connectivity index (χ1n) is 6.97. The molecule has 0 aliphatic carbocycles. The van der Waals surface area contributed by atoms with E-state index in [1.54, 1.807) is 0 Å². The minimum Gasteiger partial charge on any atom is -0.369 e. The van der Waals surface area contributed by atoms with Crippen LogP contribution in [0.15, 0.2) is 52.9 Å². The van der Waals surface area contributed by atoms with E-state index in [0.717, 1.165) is 26.0 Å². The lowest BCUT2D eigenvalue weighted by molar-refractivity contribution is -0.115. The lowest BCUT2D eigenvalue weighted by atomic mass is 10.1. The van der Waals surface area contributed by atoms with E-state index in [1.165, 1.54) is 23.1 Å². The summed E-state index contributed by atoms with van der Waals surface area (Å²) in [6.45, 7) is 0. The summed E-state index contributed by atoms with van der Waals surface area (Å²) in [4.78, 5) is 16.7. The summed E-state index contributed by atoms with van der Waals surface area (Å²) in [5, 5.41) is 1.35. The van der Waals surface area contributed by atoms with Gasteiger partial charge in [-0.15, -0.1) is 11.3 Å². The molecule has 3 nitrogen and oxygen atoms in total. The van der Waals surface area contributed by atoms with Gasteiger partial charge < -0.3 is 5.73 Å². The zero-order chi connectivity index (χ0) is 17.1. The van der Waals surface area contributed by atoms with E-state index in [-0.39, 0.29) is 11.7 Å². The van der Waals surface area contributed by atoms with Crippen LogP contribution in [0.2, 0.25) is 10.0 Å². The number of nitrogens with zero attached hydrogens (tertiary/aromatic N) is 1. The molecule has 0 spiro atoms. The number of primary amides is 1. The predicted octanol–water partition coefficient (Wildman–Crippen LogP) is 5.36. The Hall–Kier alpha value is -1.53. The highest BCUT2D eigenvalue weighted by atomic mass is 35.5. The summed E-state index contributed by atoms with van der Waals surface area (Å²) in [5.41, 5.74) is 8.07. The Balaban J connectivity index is 2.05. The molecular weight excluding hydrogens is 383 g/mol. The first-order valence-corrected chi connectivity index (χ1v) is 9.52. The maximum Gasteiger partial charge on any atom is 0.227 e. The Morgan fingerprint density at radius 1 is 1.00 bits per heavy atom. The van der Waals surface area contributed by atoms with Crippen LogP contribution in [0.1, 0.15) is 0 Å². The number of rotatable bonds is 5. The van der Waals surface area contributed by atoms with E-state index >= 15 is 0 Å². The fourth-order valence-electron chi connectivity index (χ4n) is 2.10. The molecule has 1 aromatic heterocycles. The second-order valence-electron chi connectivity index (χ2n) is 4.93. The highest BCUT2D eigenvalue weighted by Gasteiger charge is 2.16. The number of amides is 1. The molecule has 2 N–H and O–H groups in total. The molecular formula is C17H12Cl2N2OS2. The molecule has 0 unspecified atom stereocenters. The summed E-state index contributed by atoms with van der Waals surface area (Å²) < 4.78 is 0.795. The molecule has 2 aromatic carbocycles. The van der Waals surface area contributed by atoms with Crippen LogP contribution in [-0.2, 0) is 4.79 Å².